The molecular formula is C31H43BrOSi. The van der Waals surface area contributed by atoms with E-state index in [1.165, 1.54) is 29.6 Å². The van der Waals surface area contributed by atoms with Crippen molar-refractivity contribution in [2.45, 2.75) is 85.3 Å². The van der Waals surface area contributed by atoms with Crippen LogP contribution in [0, 0.1) is 16.7 Å². The Morgan fingerprint density at radius 1 is 0.912 bits per heavy atom. The van der Waals surface area contributed by atoms with Gasteiger partial charge in [0.1, 0.15) is 0 Å². The monoisotopic (exact) mass is 538 g/mol. The van der Waals surface area contributed by atoms with E-state index in [0.717, 1.165) is 11.8 Å². The second kappa shape index (κ2) is 9.37. The smallest absolute Gasteiger partial charge is 0.261 e. The minimum Gasteiger partial charge on any atom is -0.404 e. The van der Waals surface area contributed by atoms with Crippen LogP contribution in [0.4, 0.5) is 0 Å². The van der Waals surface area contributed by atoms with Crippen LogP contribution in [0.3, 0.4) is 0 Å². The molecule has 0 unspecified atom stereocenters. The molecule has 2 aliphatic rings. The first-order valence-electron chi connectivity index (χ1n) is 13.0. The van der Waals surface area contributed by atoms with Crippen LogP contribution in [0.2, 0.25) is 5.04 Å². The van der Waals surface area contributed by atoms with E-state index in [1.807, 2.05) is 0 Å². The van der Waals surface area contributed by atoms with Gasteiger partial charge in [0, 0.05) is 5.33 Å². The molecule has 34 heavy (non-hydrogen) atoms. The van der Waals surface area contributed by atoms with Crippen LogP contribution < -0.4 is 10.4 Å². The molecular weight excluding hydrogens is 496 g/mol. The van der Waals surface area contributed by atoms with Gasteiger partial charge in [-0.05, 0) is 64.8 Å². The Balaban J connectivity index is 1.82. The molecule has 3 atom stereocenters. The summed E-state index contributed by atoms with van der Waals surface area (Å²) in [6, 6.07) is 22.3. The Labute approximate surface area is 217 Å². The minimum atomic E-state index is -2.57. The zero-order valence-electron chi connectivity index (χ0n) is 22.2. The molecule has 0 N–H and O–H groups in total. The third-order valence-corrected chi connectivity index (χ3v) is 14.9. The Bertz CT molecular complexity index is 981. The number of alkyl halides is 1. The van der Waals surface area contributed by atoms with E-state index in [1.54, 1.807) is 11.1 Å². The third kappa shape index (κ3) is 4.10. The molecule has 0 saturated heterocycles. The molecule has 0 radical (unpaired) electrons. The van der Waals surface area contributed by atoms with E-state index >= 15 is 0 Å². The fraction of sp³-hybridized carbons (Fsp3) is 0.548. The number of rotatable bonds is 5. The van der Waals surface area contributed by atoms with Crippen molar-refractivity contribution in [3.05, 3.63) is 71.8 Å². The quantitative estimate of drug-likeness (QED) is 0.213. The normalized spacial score (nSPS) is 27.4. The molecule has 0 aromatic heterocycles. The Hall–Kier alpha value is -1.16. The summed E-state index contributed by atoms with van der Waals surface area (Å²) in [6.45, 7) is 17.1. The van der Waals surface area contributed by atoms with Crippen molar-refractivity contribution in [1.29, 1.82) is 0 Å². The van der Waals surface area contributed by atoms with Crippen molar-refractivity contribution in [2.24, 2.45) is 16.7 Å². The van der Waals surface area contributed by atoms with E-state index in [0.29, 0.717) is 5.92 Å². The van der Waals surface area contributed by atoms with E-state index in [9.17, 15) is 0 Å². The van der Waals surface area contributed by atoms with Crippen molar-refractivity contribution >= 4 is 34.6 Å². The number of benzene rings is 2. The predicted molar refractivity (Wildman–Crippen MR) is 153 cm³/mol. The van der Waals surface area contributed by atoms with Gasteiger partial charge in [-0.15, -0.1) is 0 Å². The number of hydrogen-bond acceptors (Lipinski definition) is 1. The van der Waals surface area contributed by atoms with E-state index in [2.05, 4.69) is 125 Å². The van der Waals surface area contributed by atoms with Gasteiger partial charge < -0.3 is 4.43 Å². The van der Waals surface area contributed by atoms with Crippen LogP contribution in [0.5, 0.6) is 0 Å². The van der Waals surface area contributed by atoms with Gasteiger partial charge in [0.2, 0.25) is 0 Å². The van der Waals surface area contributed by atoms with Crippen LogP contribution in [-0.2, 0) is 4.43 Å². The first-order chi connectivity index (χ1) is 16.0. The second-order valence-electron chi connectivity index (χ2n) is 12.5. The Morgan fingerprint density at radius 2 is 1.44 bits per heavy atom. The zero-order valence-corrected chi connectivity index (χ0v) is 24.8. The van der Waals surface area contributed by atoms with Crippen LogP contribution >= 0.6 is 15.9 Å². The molecule has 0 aliphatic heterocycles. The third-order valence-electron chi connectivity index (χ3n) is 9.30. The van der Waals surface area contributed by atoms with Gasteiger partial charge >= 0.3 is 0 Å². The summed E-state index contributed by atoms with van der Waals surface area (Å²) in [5.41, 5.74) is 3.63. The summed E-state index contributed by atoms with van der Waals surface area (Å²) in [5, 5.41) is 3.79. The highest BCUT2D eigenvalue weighted by Crippen LogP contribution is 2.61. The topological polar surface area (TPSA) is 9.23 Å². The maximum absolute atomic E-state index is 7.73. The molecule has 184 valence electrons. The second-order valence-corrected chi connectivity index (χ2v) is 17.3. The molecule has 2 aromatic carbocycles. The molecule has 4 rings (SSSR count). The lowest BCUT2D eigenvalue weighted by atomic mass is 9.49. The number of allylic oxidation sites excluding steroid dienone is 2. The summed E-state index contributed by atoms with van der Waals surface area (Å²) >= 11 is 3.86. The van der Waals surface area contributed by atoms with Gasteiger partial charge in [-0.1, -0.05) is 129 Å². The van der Waals surface area contributed by atoms with Crippen molar-refractivity contribution in [3.63, 3.8) is 0 Å². The minimum absolute atomic E-state index is 0.0105. The highest BCUT2D eigenvalue weighted by atomic mass is 79.9. The maximum Gasteiger partial charge on any atom is 0.261 e. The summed E-state index contributed by atoms with van der Waals surface area (Å²) in [7, 11) is -2.57. The molecule has 1 fully saturated rings. The fourth-order valence-corrected chi connectivity index (χ4v) is 13.4. The van der Waals surface area contributed by atoms with Crippen molar-refractivity contribution in [3.8, 4) is 0 Å². The predicted octanol–water partition coefficient (Wildman–Crippen LogP) is 7.88. The first-order valence-corrected chi connectivity index (χ1v) is 16.1. The summed E-state index contributed by atoms with van der Waals surface area (Å²) in [4.78, 5) is 0. The summed E-state index contributed by atoms with van der Waals surface area (Å²) in [5.74, 6) is 0.633. The zero-order chi connectivity index (χ0) is 24.8. The van der Waals surface area contributed by atoms with E-state index in [4.69, 9.17) is 4.43 Å². The van der Waals surface area contributed by atoms with Crippen LogP contribution in [0.25, 0.3) is 0 Å². The molecule has 0 heterocycles. The number of hydrogen-bond donors (Lipinski definition) is 0. The van der Waals surface area contributed by atoms with Crippen LogP contribution in [-0.4, -0.2) is 19.8 Å². The van der Waals surface area contributed by atoms with Gasteiger partial charge in [-0.2, -0.15) is 0 Å². The van der Waals surface area contributed by atoms with Crippen molar-refractivity contribution in [1.82, 2.24) is 0 Å². The molecule has 2 aliphatic carbocycles. The van der Waals surface area contributed by atoms with Gasteiger partial charge in [0.25, 0.3) is 8.32 Å². The van der Waals surface area contributed by atoms with Gasteiger partial charge in [-0.25, -0.2) is 0 Å². The Morgan fingerprint density at radius 3 is 1.91 bits per heavy atom. The van der Waals surface area contributed by atoms with Crippen molar-refractivity contribution < 1.29 is 4.43 Å². The maximum atomic E-state index is 7.73. The summed E-state index contributed by atoms with van der Waals surface area (Å²) < 4.78 is 7.73. The fourth-order valence-electron chi connectivity index (χ4n) is 7.46. The molecule has 1 saturated carbocycles. The van der Waals surface area contributed by atoms with Gasteiger partial charge in [0.05, 0.1) is 6.10 Å². The average Bonchev–Trinajstić information content (AvgIpc) is 2.79. The van der Waals surface area contributed by atoms with Crippen LogP contribution in [0.1, 0.15) is 74.1 Å². The average molecular weight is 540 g/mol. The molecule has 0 bridgehead atoms. The van der Waals surface area contributed by atoms with Crippen molar-refractivity contribution in [2.75, 3.05) is 5.33 Å². The summed E-state index contributed by atoms with van der Waals surface area (Å²) in [6.07, 6.45) is 5.06. The van der Waals surface area contributed by atoms with Gasteiger partial charge in [0.15, 0.2) is 0 Å². The standard InChI is InChI=1S/C31H43BrOSi/c1-23-18-19-27-30(5,6)28(20-21-31(27,7)26(23)22-32)33-34(29(2,3)4,24-14-10-8-11-15-24)25-16-12-9-13-17-25/h8-17,27-28H,18-22H2,1-7H3/t27-,28-,31+/m0/s1. The molecule has 3 heteroatoms. The lowest BCUT2D eigenvalue weighted by molar-refractivity contribution is -0.0798. The number of halogens is 1. The Kier molecular flexibility index (Phi) is 7.14. The highest BCUT2D eigenvalue weighted by molar-refractivity contribution is 9.09. The molecule has 0 amide bonds. The first kappa shape index (κ1) is 25.9. The largest absolute Gasteiger partial charge is 0.404 e. The SMILES string of the molecule is CC1=C(CBr)[C@@]2(C)CC[C@H](O[Si](c3ccccc3)(c3ccccc3)C(C)(C)C)C(C)(C)[C@@H]2CC1. The lowest BCUT2D eigenvalue weighted by Crippen LogP contribution is -2.69. The van der Waals surface area contributed by atoms with E-state index < -0.39 is 8.32 Å². The molecule has 1 nitrogen and oxygen atoms in total. The number of fused-ring (bicyclic) bond motifs is 1. The highest BCUT2D eigenvalue weighted by Gasteiger charge is 2.58. The van der Waals surface area contributed by atoms with Gasteiger partial charge in [-0.3, -0.25) is 0 Å². The van der Waals surface area contributed by atoms with E-state index in [-0.39, 0.29) is 22.0 Å². The molecule has 2 aromatic rings. The lowest BCUT2D eigenvalue weighted by Gasteiger charge is -2.59. The van der Waals surface area contributed by atoms with Crippen LogP contribution in [0.15, 0.2) is 71.8 Å². The molecule has 0 spiro atoms.